The van der Waals surface area contributed by atoms with Crippen LogP contribution in [0.2, 0.25) is 0 Å². The molecule has 6 heteroatoms. The highest BCUT2D eigenvalue weighted by Crippen LogP contribution is 2.31. The average molecular weight is 502 g/mol. The number of carbonyl (C=O) groups is 1. The Morgan fingerprint density at radius 2 is 1.89 bits per heavy atom. The number of amides is 1. The quantitative estimate of drug-likeness (QED) is 0.456. The molecule has 0 saturated carbocycles. The Bertz CT molecular complexity index is 853. The number of hydrogen-bond donors (Lipinski definition) is 3. The number of aliphatic hydroxyl groups is 2. The molecular weight excluding hydrogens is 454 g/mol. The van der Waals surface area contributed by atoms with Crippen LogP contribution in [0.5, 0.6) is 0 Å². The van der Waals surface area contributed by atoms with Crippen LogP contribution < -0.4 is 5.32 Å². The van der Waals surface area contributed by atoms with Crippen molar-refractivity contribution >= 4 is 5.91 Å². The normalized spacial score (nSPS) is 41.6. The SMILES string of the molecule is C/C1=C\C=C\CC[C@H](C)CNC(=O)/C=C/C=C/[C@H](C)[C@@H](O[C@H]2C[C@](C)(O)[C@H](O)[C@@H](C)O2)C/C=C(\C)C1. The van der Waals surface area contributed by atoms with Gasteiger partial charge < -0.3 is 25.0 Å². The minimum absolute atomic E-state index is 0.0302. The third-order valence-corrected chi connectivity index (χ3v) is 6.94. The van der Waals surface area contributed by atoms with Crippen molar-refractivity contribution in [3.63, 3.8) is 0 Å². The molecule has 6 nitrogen and oxygen atoms in total. The van der Waals surface area contributed by atoms with Gasteiger partial charge in [0.15, 0.2) is 6.29 Å². The van der Waals surface area contributed by atoms with Crippen molar-refractivity contribution in [1.29, 1.82) is 0 Å². The van der Waals surface area contributed by atoms with Crippen molar-refractivity contribution < 1.29 is 24.5 Å². The van der Waals surface area contributed by atoms with Crippen molar-refractivity contribution in [2.45, 2.75) is 104 Å². The molecule has 0 aromatic rings. The van der Waals surface area contributed by atoms with E-state index in [4.69, 9.17) is 9.47 Å². The van der Waals surface area contributed by atoms with Crippen LogP contribution in [0.25, 0.3) is 0 Å². The molecule has 1 saturated heterocycles. The molecule has 1 amide bonds. The maximum atomic E-state index is 12.2. The number of carbonyl (C=O) groups excluding carboxylic acids is 1. The van der Waals surface area contributed by atoms with Crippen LogP contribution in [0.3, 0.4) is 0 Å². The summed E-state index contributed by atoms with van der Waals surface area (Å²) in [5.41, 5.74) is 1.28. The zero-order valence-electron chi connectivity index (χ0n) is 22.9. The van der Waals surface area contributed by atoms with E-state index in [9.17, 15) is 15.0 Å². The Morgan fingerprint density at radius 3 is 2.61 bits per heavy atom. The molecule has 202 valence electrons. The van der Waals surface area contributed by atoms with Crippen LogP contribution in [0.1, 0.15) is 73.6 Å². The van der Waals surface area contributed by atoms with Crippen molar-refractivity contribution in [3.05, 3.63) is 59.8 Å². The Balaban J connectivity index is 2.20. The second-order valence-electron chi connectivity index (χ2n) is 10.9. The third kappa shape index (κ3) is 10.6. The standard InChI is InChI=1S/C30H47NO5/c1-21-12-8-7-9-13-23(3)20-31-27(32)15-11-10-14-24(4)26(17-16-22(2)18-21)36-28-19-30(6,34)29(33)25(5)35-28/h7-8,10-12,14-16,23-26,28-29,33-34H,9,13,17-20H2,1-6H3,(H,31,32)/b8-7+,14-10+,15-11+,21-12+,22-16+/t23-,24-,25+,26-,28-,29+,30-/m0/s1. The van der Waals surface area contributed by atoms with E-state index in [1.165, 1.54) is 11.1 Å². The number of ether oxygens (including phenoxy) is 2. The van der Waals surface area contributed by atoms with Crippen LogP contribution >= 0.6 is 0 Å². The molecule has 0 spiro atoms. The lowest BCUT2D eigenvalue weighted by atomic mass is 9.89. The summed E-state index contributed by atoms with van der Waals surface area (Å²) in [5.74, 6) is 0.343. The maximum absolute atomic E-state index is 12.2. The first-order chi connectivity index (χ1) is 17.0. The predicted molar refractivity (Wildman–Crippen MR) is 145 cm³/mol. The Kier molecular flexibility index (Phi) is 12.3. The van der Waals surface area contributed by atoms with Crippen LogP contribution in [-0.2, 0) is 14.3 Å². The van der Waals surface area contributed by atoms with Gasteiger partial charge in [-0.15, -0.1) is 0 Å². The average Bonchev–Trinajstić information content (AvgIpc) is 2.80. The van der Waals surface area contributed by atoms with Gasteiger partial charge in [0.25, 0.3) is 0 Å². The minimum Gasteiger partial charge on any atom is -0.387 e. The molecule has 36 heavy (non-hydrogen) atoms. The van der Waals surface area contributed by atoms with E-state index in [-0.39, 0.29) is 24.3 Å². The summed E-state index contributed by atoms with van der Waals surface area (Å²) >= 11 is 0. The second-order valence-corrected chi connectivity index (χ2v) is 10.9. The highest BCUT2D eigenvalue weighted by Gasteiger charge is 2.44. The van der Waals surface area contributed by atoms with Crippen molar-refractivity contribution in [2.75, 3.05) is 6.54 Å². The molecule has 0 aromatic carbocycles. The monoisotopic (exact) mass is 501 g/mol. The molecule has 2 aliphatic heterocycles. The Labute approximate surface area is 217 Å². The van der Waals surface area contributed by atoms with Crippen molar-refractivity contribution in [3.8, 4) is 0 Å². The van der Waals surface area contributed by atoms with Gasteiger partial charge in [-0.05, 0) is 59.3 Å². The number of aliphatic hydroxyl groups excluding tert-OH is 1. The minimum atomic E-state index is -1.27. The molecule has 2 heterocycles. The van der Waals surface area contributed by atoms with Crippen LogP contribution in [0.15, 0.2) is 59.8 Å². The fraction of sp³-hybridized carbons (Fsp3) is 0.633. The van der Waals surface area contributed by atoms with E-state index in [2.05, 4.69) is 57.3 Å². The van der Waals surface area contributed by atoms with E-state index in [1.807, 2.05) is 12.2 Å². The van der Waals surface area contributed by atoms with Crippen LogP contribution in [0, 0.1) is 11.8 Å². The summed E-state index contributed by atoms with van der Waals surface area (Å²) in [5, 5.41) is 23.9. The van der Waals surface area contributed by atoms with Gasteiger partial charge in [0.05, 0.1) is 17.8 Å². The largest absolute Gasteiger partial charge is 0.387 e. The summed E-state index contributed by atoms with van der Waals surface area (Å²) in [6, 6.07) is 0. The molecule has 2 rings (SSSR count). The van der Waals surface area contributed by atoms with E-state index in [0.717, 1.165) is 19.3 Å². The molecule has 3 N–H and O–H groups in total. The highest BCUT2D eigenvalue weighted by molar-refractivity contribution is 5.87. The van der Waals surface area contributed by atoms with Gasteiger partial charge in [-0.25, -0.2) is 0 Å². The van der Waals surface area contributed by atoms with Gasteiger partial charge in [-0.2, -0.15) is 0 Å². The first-order valence-electron chi connectivity index (χ1n) is 13.3. The lowest BCUT2D eigenvalue weighted by molar-refractivity contribution is -0.285. The van der Waals surface area contributed by atoms with E-state index < -0.39 is 24.1 Å². The van der Waals surface area contributed by atoms with Crippen molar-refractivity contribution in [2.24, 2.45) is 11.8 Å². The number of allylic oxidation sites excluding steroid dienone is 7. The van der Waals surface area contributed by atoms with E-state index in [1.54, 1.807) is 26.0 Å². The molecule has 0 unspecified atom stereocenters. The van der Waals surface area contributed by atoms with Crippen LogP contribution in [-0.4, -0.2) is 52.9 Å². The van der Waals surface area contributed by atoms with Gasteiger partial charge in [-0.1, -0.05) is 67.5 Å². The summed E-state index contributed by atoms with van der Waals surface area (Å²) < 4.78 is 12.2. The van der Waals surface area contributed by atoms with Crippen LogP contribution in [0.4, 0.5) is 0 Å². The third-order valence-electron chi connectivity index (χ3n) is 6.94. The molecule has 2 aliphatic rings. The fourth-order valence-corrected chi connectivity index (χ4v) is 4.53. The zero-order valence-corrected chi connectivity index (χ0v) is 22.9. The summed E-state index contributed by atoms with van der Waals surface area (Å²) in [6.07, 6.45) is 17.4. The predicted octanol–water partition coefficient (Wildman–Crippen LogP) is 5.14. The molecule has 7 atom stereocenters. The molecule has 0 radical (unpaired) electrons. The first-order valence-corrected chi connectivity index (χ1v) is 13.3. The summed E-state index contributed by atoms with van der Waals surface area (Å²) in [7, 11) is 0. The van der Waals surface area contributed by atoms with Gasteiger partial charge in [0.2, 0.25) is 5.91 Å². The zero-order chi connectivity index (χ0) is 26.7. The number of rotatable bonds is 2. The smallest absolute Gasteiger partial charge is 0.243 e. The van der Waals surface area contributed by atoms with Gasteiger partial charge in [0, 0.05) is 25.0 Å². The highest BCUT2D eigenvalue weighted by atomic mass is 16.7. The molecular formula is C30H47NO5. The fourth-order valence-electron chi connectivity index (χ4n) is 4.53. The number of hydrogen-bond acceptors (Lipinski definition) is 5. The first kappa shape index (κ1) is 30.2. The van der Waals surface area contributed by atoms with Gasteiger partial charge in [0.1, 0.15) is 6.10 Å². The Hall–Kier alpha value is -1.99. The Morgan fingerprint density at radius 1 is 1.14 bits per heavy atom. The maximum Gasteiger partial charge on any atom is 0.243 e. The van der Waals surface area contributed by atoms with E-state index in [0.29, 0.717) is 18.9 Å². The number of nitrogens with one attached hydrogen (secondary N) is 1. The van der Waals surface area contributed by atoms with E-state index >= 15 is 0 Å². The van der Waals surface area contributed by atoms with Gasteiger partial charge in [-0.3, -0.25) is 4.79 Å². The lowest BCUT2D eigenvalue weighted by Crippen LogP contribution is -2.55. The lowest BCUT2D eigenvalue weighted by Gasteiger charge is -2.43. The summed E-state index contributed by atoms with van der Waals surface area (Å²) in [4.78, 5) is 12.2. The molecule has 0 aliphatic carbocycles. The molecule has 0 aromatic heterocycles. The molecule has 1 fully saturated rings. The second kappa shape index (κ2) is 14.7. The van der Waals surface area contributed by atoms with Crippen molar-refractivity contribution in [1.82, 2.24) is 5.32 Å². The topological polar surface area (TPSA) is 88.0 Å². The summed E-state index contributed by atoms with van der Waals surface area (Å²) in [6.45, 7) is 12.5. The van der Waals surface area contributed by atoms with Gasteiger partial charge >= 0.3 is 0 Å². The molecule has 0 bridgehead atoms.